The minimum Gasteiger partial charge on any atom is -0.462 e. The molecule has 0 aromatic carbocycles. The number of carbonyl (C=O) groups is 1. The Morgan fingerprint density at radius 2 is 1.88 bits per heavy atom. The maximum absolute atomic E-state index is 10.8. The molecule has 0 atom stereocenters. The SMILES string of the molecule is C=CC(=O)OCCSC(C)(C)SCCOCC. The highest BCUT2D eigenvalue weighted by molar-refractivity contribution is 8.18. The van der Waals surface area contributed by atoms with E-state index < -0.39 is 0 Å². The van der Waals surface area contributed by atoms with E-state index in [0.29, 0.717) is 6.61 Å². The molecule has 0 heterocycles. The van der Waals surface area contributed by atoms with Crippen LogP contribution in [0.2, 0.25) is 0 Å². The molecule has 0 fully saturated rings. The monoisotopic (exact) mass is 278 g/mol. The van der Waals surface area contributed by atoms with Crippen molar-refractivity contribution >= 4 is 29.5 Å². The zero-order chi connectivity index (χ0) is 13.1. The number of thioether (sulfide) groups is 2. The van der Waals surface area contributed by atoms with Crippen molar-refractivity contribution in [2.24, 2.45) is 0 Å². The molecule has 0 aromatic heterocycles. The van der Waals surface area contributed by atoms with E-state index in [1.807, 2.05) is 18.7 Å². The average Bonchev–Trinajstić information content (AvgIpc) is 2.30. The third kappa shape index (κ3) is 10.7. The summed E-state index contributed by atoms with van der Waals surface area (Å²) in [6.45, 7) is 11.7. The van der Waals surface area contributed by atoms with Crippen LogP contribution in [0.25, 0.3) is 0 Å². The van der Waals surface area contributed by atoms with Gasteiger partial charge >= 0.3 is 5.97 Å². The Labute approximate surface area is 113 Å². The first-order valence-electron chi connectivity index (χ1n) is 5.66. The number of esters is 1. The van der Waals surface area contributed by atoms with E-state index in [-0.39, 0.29) is 10.0 Å². The van der Waals surface area contributed by atoms with E-state index in [1.165, 1.54) is 6.08 Å². The fourth-order valence-electron chi connectivity index (χ4n) is 1.02. The first-order valence-corrected chi connectivity index (χ1v) is 7.64. The lowest BCUT2D eigenvalue weighted by Crippen LogP contribution is -2.15. The van der Waals surface area contributed by atoms with Gasteiger partial charge in [-0.05, 0) is 20.8 Å². The Morgan fingerprint density at radius 3 is 2.41 bits per heavy atom. The molecule has 0 N–H and O–H groups in total. The number of rotatable bonds is 10. The summed E-state index contributed by atoms with van der Waals surface area (Å²) in [5, 5.41) is 0. The maximum atomic E-state index is 10.8. The van der Waals surface area contributed by atoms with Gasteiger partial charge in [0.25, 0.3) is 0 Å². The first kappa shape index (κ1) is 16.9. The number of ether oxygens (including phenoxy) is 2. The Kier molecular flexibility index (Phi) is 9.78. The minimum absolute atomic E-state index is 0.123. The van der Waals surface area contributed by atoms with E-state index in [2.05, 4.69) is 20.4 Å². The molecular weight excluding hydrogens is 256 g/mol. The summed E-state index contributed by atoms with van der Waals surface area (Å²) in [4.78, 5) is 10.8. The van der Waals surface area contributed by atoms with Gasteiger partial charge in [-0.1, -0.05) is 6.58 Å². The van der Waals surface area contributed by atoms with E-state index in [9.17, 15) is 4.79 Å². The predicted octanol–water partition coefficient (Wildman–Crippen LogP) is 2.95. The van der Waals surface area contributed by atoms with Gasteiger partial charge in [0.15, 0.2) is 0 Å². The Balaban J connectivity index is 3.56. The van der Waals surface area contributed by atoms with Gasteiger partial charge in [-0.15, -0.1) is 23.5 Å². The van der Waals surface area contributed by atoms with E-state index >= 15 is 0 Å². The molecule has 0 unspecified atom stereocenters. The van der Waals surface area contributed by atoms with Crippen molar-refractivity contribution in [2.45, 2.75) is 24.9 Å². The van der Waals surface area contributed by atoms with Crippen molar-refractivity contribution in [3.8, 4) is 0 Å². The molecule has 5 heteroatoms. The van der Waals surface area contributed by atoms with Gasteiger partial charge in [-0.25, -0.2) is 4.79 Å². The molecule has 0 spiro atoms. The zero-order valence-corrected chi connectivity index (χ0v) is 12.5. The van der Waals surface area contributed by atoms with Crippen molar-refractivity contribution in [3.63, 3.8) is 0 Å². The number of hydrogen-bond acceptors (Lipinski definition) is 5. The zero-order valence-electron chi connectivity index (χ0n) is 10.9. The van der Waals surface area contributed by atoms with Gasteiger partial charge in [0, 0.05) is 24.2 Å². The molecule has 0 saturated heterocycles. The van der Waals surface area contributed by atoms with Crippen LogP contribution in [0, 0.1) is 0 Å². The standard InChI is InChI=1S/C12H22O3S2/c1-5-11(13)15-8-10-17-12(3,4)16-9-7-14-6-2/h5H,1,6-10H2,2-4H3. The van der Waals surface area contributed by atoms with Crippen molar-refractivity contribution in [3.05, 3.63) is 12.7 Å². The summed E-state index contributed by atoms with van der Waals surface area (Å²) < 4.78 is 10.3. The van der Waals surface area contributed by atoms with Crippen molar-refractivity contribution < 1.29 is 14.3 Å². The molecule has 0 radical (unpaired) electrons. The molecule has 0 aliphatic rings. The van der Waals surface area contributed by atoms with Crippen molar-refractivity contribution in [1.82, 2.24) is 0 Å². The number of carbonyl (C=O) groups excluding carboxylic acids is 1. The summed E-state index contributed by atoms with van der Waals surface area (Å²) in [5.41, 5.74) is 0. The van der Waals surface area contributed by atoms with Gasteiger partial charge < -0.3 is 9.47 Å². The highest BCUT2D eigenvalue weighted by Gasteiger charge is 2.18. The van der Waals surface area contributed by atoms with Crippen molar-refractivity contribution in [1.29, 1.82) is 0 Å². The molecule has 17 heavy (non-hydrogen) atoms. The van der Waals surface area contributed by atoms with E-state index in [0.717, 1.165) is 24.7 Å². The molecule has 0 bridgehead atoms. The smallest absolute Gasteiger partial charge is 0.330 e. The second kappa shape index (κ2) is 9.85. The second-order valence-electron chi connectivity index (χ2n) is 3.67. The van der Waals surface area contributed by atoms with Crippen LogP contribution < -0.4 is 0 Å². The molecule has 0 aliphatic carbocycles. The second-order valence-corrected chi connectivity index (χ2v) is 7.36. The largest absolute Gasteiger partial charge is 0.462 e. The summed E-state index contributed by atoms with van der Waals surface area (Å²) in [5.74, 6) is 1.43. The molecule has 0 saturated carbocycles. The van der Waals surface area contributed by atoms with Crippen LogP contribution in [0.4, 0.5) is 0 Å². The van der Waals surface area contributed by atoms with Gasteiger partial charge in [0.1, 0.15) is 6.61 Å². The topological polar surface area (TPSA) is 35.5 Å². The Hall–Kier alpha value is -0.130. The predicted molar refractivity (Wildman–Crippen MR) is 76.6 cm³/mol. The van der Waals surface area contributed by atoms with Crippen LogP contribution in [0.15, 0.2) is 12.7 Å². The molecule has 3 nitrogen and oxygen atoms in total. The van der Waals surface area contributed by atoms with Crippen molar-refractivity contribution in [2.75, 3.05) is 31.3 Å². The Bertz CT molecular complexity index is 230. The van der Waals surface area contributed by atoms with E-state index in [4.69, 9.17) is 9.47 Å². The third-order valence-corrected chi connectivity index (χ3v) is 4.66. The third-order valence-electron chi connectivity index (χ3n) is 1.83. The fraction of sp³-hybridized carbons (Fsp3) is 0.750. The summed E-state index contributed by atoms with van der Waals surface area (Å²) in [7, 11) is 0. The highest BCUT2D eigenvalue weighted by atomic mass is 32.2. The van der Waals surface area contributed by atoms with Crippen LogP contribution in [0.1, 0.15) is 20.8 Å². The number of hydrogen-bond donors (Lipinski definition) is 0. The molecule has 100 valence electrons. The maximum Gasteiger partial charge on any atom is 0.330 e. The normalized spacial score (nSPS) is 11.2. The molecule has 0 aliphatic heterocycles. The summed E-state index contributed by atoms with van der Waals surface area (Å²) in [6, 6.07) is 0. The average molecular weight is 278 g/mol. The van der Waals surface area contributed by atoms with Gasteiger partial charge in [-0.2, -0.15) is 0 Å². The van der Waals surface area contributed by atoms with Gasteiger partial charge in [0.2, 0.25) is 0 Å². The Morgan fingerprint density at radius 1 is 1.29 bits per heavy atom. The summed E-state index contributed by atoms with van der Waals surface area (Å²) >= 11 is 3.65. The summed E-state index contributed by atoms with van der Waals surface area (Å²) in [6.07, 6.45) is 1.19. The lowest BCUT2D eigenvalue weighted by molar-refractivity contribution is -0.137. The quantitative estimate of drug-likeness (QED) is 0.266. The lowest BCUT2D eigenvalue weighted by Gasteiger charge is -2.23. The van der Waals surface area contributed by atoms with Crippen LogP contribution in [0.3, 0.4) is 0 Å². The molecule has 0 amide bonds. The van der Waals surface area contributed by atoms with Crippen LogP contribution in [-0.2, 0) is 14.3 Å². The van der Waals surface area contributed by atoms with Gasteiger partial charge in [-0.3, -0.25) is 0 Å². The van der Waals surface area contributed by atoms with E-state index in [1.54, 1.807) is 11.8 Å². The first-order chi connectivity index (χ1) is 8.02. The fourth-order valence-corrected chi connectivity index (χ4v) is 3.21. The molecular formula is C12H22O3S2. The lowest BCUT2D eigenvalue weighted by atomic mass is 10.5. The molecule has 0 aromatic rings. The highest BCUT2D eigenvalue weighted by Crippen LogP contribution is 2.35. The molecule has 0 rings (SSSR count). The van der Waals surface area contributed by atoms with Crippen LogP contribution >= 0.6 is 23.5 Å². The van der Waals surface area contributed by atoms with Gasteiger partial charge in [0.05, 0.1) is 10.7 Å². The van der Waals surface area contributed by atoms with Crippen LogP contribution in [-0.4, -0.2) is 41.4 Å². The minimum atomic E-state index is -0.354. The van der Waals surface area contributed by atoms with Crippen LogP contribution in [0.5, 0.6) is 0 Å².